The molecule has 0 aliphatic rings. The van der Waals surface area contributed by atoms with Gasteiger partial charge in [0.2, 0.25) is 11.8 Å². The van der Waals surface area contributed by atoms with Crippen molar-refractivity contribution >= 4 is 11.8 Å². The van der Waals surface area contributed by atoms with Crippen LogP contribution < -0.4 is 10.6 Å². The Balaban J connectivity index is 3.09. The number of ether oxygens (including phenoxy) is 2. The summed E-state index contributed by atoms with van der Waals surface area (Å²) in [5, 5.41) is 5.25. The molecule has 2 amide bonds. The Morgan fingerprint density at radius 2 is 1.20 bits per heavy atom. The van der Waals surface area contributed by atoms with Crippen LogP contribution in [0.1, 0.15) is 12.8 Å². The number of hydrogen-bond acceptors (Lipinski definition) is 4. The van der Waals surface area contributed by atoms with Crippen LogP contribution in [0, 0.1) is 0 Å². The number of nitrogens with one attached hydrogen (secondary N) is 2. The number of hydrogen-bond donors (Lipinski definition) is 2. The molecule has 0 bridgehead atoms. The summed E-state index contributed by atoms with van der Waals surface area (Å²) < 4.78 is 10.7. The van der Waals surface area contributed by atoms with E-state index in [1.54, 1.807) is 0 Å². The van der Waals surface area contributed by atoms with Gasteiger partial charge >= 0.3 is 0 Å². The van der Waals surface area contributed by atoms with E-state index in [1.165, 1.54) is 12.2 Å². The lowest BCUT2D eigenvalue weighted by Gasteiger charge is -2.06. The van der Waals surface area contributed by atoms with Crippen molar-refractivity contribution in [1.29, 1.82) is 0 Å². The van der Waals surface area contributed by atoms with Crippen molar-refractivity contribution in [3.63, 3.8) is 0 Å². The first-order chi connectivity index (χ1) is 9.70. The average molecular weight is 284 g/mol. The minimum atomic E-state index is -0.189. The molecule has 0 aromatic carbocycles. The number of unbranched alkanes of at least 4 members (excludes halogenated alkanes) is 1. The molecule has 0 heterocycles. The molecule has 0 aliphatic carbocycles. The van der Waals surface area contributed by atoms with Crippen LogP contribution >= 0.6 is 0 Å². The van der Waals surface area contributed by atoms with Crippen LogP contribution in [-0.2, 0) is 19.1 Å². The van der Waals surface area contributed by atoms with Gasteiger partial charge in [0.05, 0.1) is 13.2 Å². The summed E-state index contributed by atoms with van der Waals surface area (Å²) in [5.74, 6) is -0.379. The molecular weight excluding hydrogens is 260 g/mol. The molecule has 20 heavy (non-hydrogen) atoms. The molecule has 114 valence electrons. The molecule has 0 saturated heterocycles. The van der Waals surface area contributed by atoms with Crippen LogP contribution in [0.4, 0.5) is 0 Å². The molecule has 0 atom stereocenters. The highest BCUT2D eigenvalue weighted by molar-refractivity contribution is 5.87. The molecule has 6 nitrogen and oxygen atoms in total. The monoisotopic (exact) mass is 284 g/mol. The lowest BCUT2D eigenvalue weighted by molar-refractivity contribution is -0.117. The number of carbonyl (C=O) groups is 2. The summed E-state index contributed by atoms with van der Waals surface area (Å²) in [6.07, 6.45) is 4.26. The second kappa shape index (κ2) is 13.8. The Hall–Kier alpha value is -1.66. The maximum Gasteiger partial charge on any atom is 0.243 e. The maximum absolute atomic E-state index is 10.8. The summed E-state index contributed by atoms with van der Waals surface area (Å²) in [5.41, 5.74) is 0. The summed E-state index contributed by atoms with van der Waals surface area (Å²) in [6.45, 7) is 9.95. The van der Waals surface area contributed by atoms with Gasteiger partial charge in [-0.1, -0.05) is 13.2 Å². The van der Waals surface area contributed by atoms with Gasteiger partial charge in [0.15, 0.2) is 0 Å². The second-order valence-electron chi connectivity index (χ2n) is 3.92. The van der Waals surface area contributed by atoms with Gasteiger partial charge in [-0.05, 0) is 25.0 Å². The summed E-state index contributed by atoms with van der Waals surface area (Å²) >= 11 is 0. The van der Waals surface area contributed by atoms with Crippen LogP contribution in [0.15, 0.2) is 25.3 Å². The van der Waals surface area contributed by atoms with E-state index in [9.17, 15) is 9.59 Å². The molecule has 0 aromatic rings. The van der Waals surface area contributed by atoms with Crippen molar-refractivity contribution in [3.05, 3.63) is 25.3 Å². The Labute approximate surface area is 120 Å². The fraction of sp³-hybridized carbons (Fsp3) is 0.571. The molecule has 0 unspecified atom stereocenters. The van der Waals surface area contributed by atoms with Gasteiger partial charge in [0.1, 0.15) is 0 Å². The fourth-order valence-electron chi connectivity index (χ4n) is 1.25. The highest BCUT2D eigenvalue weighted by Crippen LogP contribution is 1.91. The molecule has 0 radical (unpaired) electrons. The number of rotatable bonds is 13. The highest BCUT2D eigenvalue weighted by atomic mass is 16.5. The van der Waals surface area contributed by atoms with Crippen LogP contribution in [0.5, 0.6) is 0 Å². The SMILES string of the molecule is C=CC(=O)NCCOCCCCOCCNC(=O)C=C. The fourth-order valence-corrected chi connectivity index (χ4v) is 1.25. The van der Waals surface area contributed by atoms with Gasteiger partial charge in [-0.2, -0.15) is 0 Å². The molecular formula is C14H24N2O4. The third-order valence-corrected chi connectivity index (χ3v) is 2.29. The zero-order chi connectivity index (χ0) is 15.1. The third-order valence-electron chi connectivity index (χ3n) is 2.29. The molecule has 0 spiro atoms. The van der Waals surface area contributed by atoms with Crippen molar-refractivity contribution in [3.8, 4) is 0 Å². The van der Waals surface area contributed by atoms with E-state index in [2.05, 4.69) is 23.8 Å². The minimum Gasteiger partial charge on any atom is -0.380 e. The molecule has 2 N–H and O–H groups in total. The van der Waals surface area contributed by atoms with Gasteiger partial charge in [0, 0.05) is 26.3 Å². The molecule has 0 saturated carbocycles. The molecule has 0 fully saturated rings. The van der Waals surface area contributed by atoms with Crippen molar-refractivity contribution in [2.75, 3.05) is 39.5 Å². The summed E-state index contributed by atoms with van der Waals surface area (Å²) in [4.78, 5) is 21.6. The smallest absolute Gasteiger partial charge is 0.243 e. The largest absolute Gasteiger partial charge is 0.380 e. The van der Waals surface area contributed by atoms with E-state index in [4.69, 9.17) is 9.47 Å². The Bertz CT molecular complexity index is 276. The van der Waals surface area contributed by atoms with E-state index in [1.807, 2.05) is 0 Å². The van der Waals surface area contributed by atoms with Crippen LogP contribution in [0.25, 0.3) is 0 Å². The Morgan fingerprint density at radius 3 is 1.55 bits per heavy atom. The third kappa shape index (κ3) is 12.8. The molecule has 0 aliphatic heterocycles. The highest BCUT2D eigenvalue weighted by Gasteiger charge is 1.95. The minimum absolute atomic E-state index is 0.189. The Morgan fingerprint density at radius 1 is 0.800 bits per heavy atom. The van der Waals surface area contributed by atoms with Gasteiger partial charge in [-0.25, -0.2) is 0 Å². The normalized spacial score (nSPS) is 9.80. The topological polar surface area (TPSA) is 76.7 Å². The van der Waals surface area contributed by atoms with E-state index >= 15 is 0 Å². The first-order valence-corrected chi connectivity index (χ1v) is 6.66. The van der Waals surface area contributed by atoms with E-state index in [0.717, 1.165) is 12.8 Å². The van der Waals surface area contributed by atoms with Gasteiger partial charge in [-0.3, -0.25) is 9.59 Å². The van der Waals surface area contributed by atoms with E-state index < -0.39 is 0 Å². The van der Waals surface area contributed by atoms with Crippen molar-refractivity contribution in [2.24, 2.45) is 0 Å². The van der Waals surface area contributed by atoms with Crippen LogP contribution in [0.2, 0.25) is 0 Å². The maximum atomic E-state index is 10.8. The lowest BCUT2D eigenvalue weighted by atomic mass is 10.3. The Kier molecular flexibility index (Phi) is 12.6. The number of carbonyl (C=O) groups excluding carboxylic acids is 2. The van der Waals surface area contributed by atoms with Gasteiger partial charge in [-0.15, -0.1) is 0 Å². The first kappa shape index (κ1) is 18.3. The molecule has 0 rings (SSSR count). The molecule has 0 aromatic heterocycles. The summed E-state index contributed by atoms with van der Waals surface area (Å²) in [7, 11) is 0. The average Bonchev–Trinajstić information content (AvgIpc) is 2.47. The van der Waals surface area contributed by atoms with Gasteiger partial charge in [0.25, 0.3) is 0 Å². The van der Waals surface area contributed by atoms with E-state index in [0.29, 0.717) is 39.5 Å². The quantitative estimate of drug-likeness (QED) is 0.379. The van der Waals surface area contributed by atoms with Crippen molar-refractivity contribution in [1.82, 2.24) is 10.6 Å². The van der Waals surface area contributed by atoms with Gasteiger partial charge < -0.3 is 20.1 Å². The predicted molar refractivity (Wildman–Crippen MR) is 77.3 cm³/mol. The summed E-state index contributed by atoms with van der Waals surface area (Å²) in [6, 6.07) is 0. The van der Waals surface area contributed by atoms with E-state index in [-0.39, 0.29) is 11.8 Å². The molecule has 6 heteroatoms. The van der Waals surface area contributed by atoms with Crippen LogP contribution in [-0.4, -0.2) is 51.3 Å². The van der Waals surface area contributed by atoms with Crippen molar-refractivity contribution < 1.29 is 19.1 Å². The number of amides is 2. The standard InChI is InChI=1S/C14H24N2O4/c1-3-13(17)15-7-11-19-9-5-6-10-20-12-8-16-14(18)4-2/h3-4H,1-2,5-12H2,(H,15,17)(H,16,18). The zero-order valence-corrected chi connectivity index (χ0v) is 11.9. The van der Waals surface area contributed by atoms with Crippen LogP contribution in [0.3, 0.4) is 0 Å². The predicted octanol–water partition coefficient (Wildman–Crippen LogP) is 0.404. The first-order valence-electron chi connectivity index (χ1n) is 6.66. The lowest BCUT2D eigenvalue weighted by Crippen LogP contribution is -2.25. The zero-order valence-electron chi connectivity index (χ0n) is 11.9. The van der Waals surface area contributed by atoms with Crippen molar-refractivity contribution in [2.45, 2.75) is 12.8 Å². The second-order valence-corrected chi connectivity index (χ2v) is 3.92.